The summed E-state index contributed by atoms with van der Waals surface area (Å²) in [6, 6.07) is 0. The van der Waals surface area contributed by atoms with Crippen molar-refractivity contribution < 1.29 is 0 Å². The molecule has 1 N–H and O–H groups in total. The Morgan fingerprint density at radius 3 is 2.53 bits per heavy atom. The van der Waals surface area contributed by atoms with Crippen LogP contribution in [0.25, 0.3) is 0 Å². The quantitative estimate of drug-likeness (QED) is 0.917. The van der Waals surface area contributed by atoms with E-state index in [1.54, 1.807) is 0 Å². The normalized spacial score (nSPS) is 16.7. The molecular weight excluding hydrogens is 306 g/mol. The van der Waals surface area contributed by atoms with Crippen molar-refractivity contribution in [3.05, 3.63) is 10.2 Å². The van der Waals surface area contributed by atoms with Gasteiger partial charge in [-0.05, 0) is 36.3 Å². The molecule has 1 saturated heterocycles. The standard InChI is InChI=1S/C13H22BrN5/c1-4-5-15-12-11(14)10(2)16-13(17-12)19-8-6-18(3)7-9-19/h4-9H2,1-3H3,(H,15,16,17). The van der Waals surface area contributed by atoms with Gasteiger partial charge in [0, 0.05) is 32.7 Å². The van der Waals surface area contributed by atoms with Crippen molar-refractivity contribution in [1.82, 2.24) is 14.9 Å². The average Bonchev–Trinajstić information content (AvgIpc) is 2.41. The SMILES string of the molecule is CCCNc1nc(N2CCN(C)CC2)nc(C)c1Br. The van der Waals surface area contributed by atoms with Crippen LogP contribution in [0, 0.1) is 6.92 Å². The number of aromatic nitrogens is 2. The Hall–Kier alpha value is -0.880. The maximum absolute atomic E-state index is 4.66. The van der Waals surface area contributed by atoms with E-state index in [0.29, 0.717) is 0 Å². The van der Waals surface area contributed by atoms with Gasteiger partial charge in [0.05, 0.1) is 10.2 Å². The summed E-state index contributed by atoms with van der Waals surface area (Å²) < 4.78 is 0.971. The third-order valence-electron chi connectivity index (χ3n) is 3.33. The van der Waals surface area contributed by atoms with E-state index in [2.05, 4.69) is 55.0 Å². The third kappa shape index (κ3) is 3.57. The highest BCUT2D eigenvalue weighted by Crippen LogP contribution is 2.26. The highest BCUT2D eigenvalue weighted by molar-refractivity contribution is 9.10. The van der Waals surface area contributed by atoms with Crippen molar-refractivity contribution in [1.29, 1.82) is 0 Å². The second kappa shape index (κ2) is 6.52. The molecule has 0 spiro atoms. The first kappa shape index (κ1) is 14.5. The molecule has 0 radical (unpaired) electrons. The molecule has 0 atom stereocenters. The molecule has 0 unspecified atom stereocenters. The van der Waals surface area contributed by atoms with Gasteiger partial charge >= 0.3 is 0 Å². The minimum atomic E-state index is 0.840. The van der Waals surface area contributed by atoms with Gasteiger partial charge in [-0.2, -0.15) is 4.98 Å². The molecule has 0 amide bonds. The molecule has 0 aliphatic carbocycles. The van der Waals surface area contributed by atoms with E-state index in [1.165, 1.54) is 0 Å². The maximum Gasteiger partial charge on any atom is 0.227 e. The summed E-state index contributed by atoms with van der Waals surface area (Å²) >= 11 is 3.56. The first-order valence-electron chi connectivity index (χ1n) is 6.83. The summed E-state index contributed by atoms with van der Waals surface area (Å²) in [5.74, 6) is 1.75. The fraction of sp³-hybridized carbons (Fsp3) is 0.692. The van der Waals surface area contributed by atoms with Crippen LogP contribution in [-0.2, 0) is 0 Å². The number of piperazine rings is 1. The topological polar surface area (TPSA) is 44.3 Å². The number of hydrogen-bond acceptors (Lipinski definition) is 5. The zero-order chi connectivity index (χ0) is 13.8. The molecule has 19 heavy (non-hydrogen) atoms. The number of halogens is 1. The van der Waals surface area contributed by atoms with Crippen LogP contribution < -0.4 is 10.2 Å². The van der Waals surface area contributed by atoms with Crippen molar-refractivity contribution in [2.45, 2.75) is 20.3 Å². The highest BCUT2D eigenvalue weighted by atomic mass is 79.9. The largest absolute Gasteiger partial charge is 0.369 e. The van der Waals surface area contributed by atoms with Crippen molar-refractivity contribution in [3.63, 3.8) is 0 Å². The maximum atomic E-state index is 4.66. The van der Waals surface area contributed by atoms with Crippen LogP contribution in [0.2, 0.25) is 0 Å². The predicted molar refractivity (Wildman–Crippen MR) is 83.0 cm³/mol. The second-order valence-corrected chi connectivity index (χ2v) is 5.78. The lowest BCUT2D eigenvalue weighted by Gasteiger charge is -2.32. The van der Waals surface area contributed by atoms with Crippen LogP contribution in [0.3, 0.4) is 0 Å². The third-order valence-corrected chi connectivity index (χ3v) is 4.28. The lowest BCUT2D eigenvalue weighted by atomic mass is 10.3. The Morgan fingerprint density at radius 1 is 1.21 bits per heavy atom. The minimum Gasteiger partial charge on any atom is -0.369 e. The molecule has 0 bridgehead atoms. The summed E-state index contributed by atoms with van der Waals surface area (Å²) in [4.78, 5) is 13.8. The molecule has 1 aromatic rings. The Morgan fingerprint density at radius 2 is 1.89 bits per heavy atom. The summed E-state index contributed by atoms with van der Waals surface area (Å²) in [6.45, 7) is 9.21. The molecule has 1 aromatic heterocycles. The van der Waals surface area contributed by atoms with Crippen molar-refractivity contribution >= 4 is 27.7 Å². The van der Waals surface area contributed by atoms with Gasteiger partial charge in [-0.15, -0.1) is 0 Å². The van der Waals surface area contributed by atoms with Crippen LogP contribution in [0.4, 0.5) is 11.8 Å². The molecule has 2 heterocycles. The Labute approximate surface area is 123 Å². The molecule has 0 aromatic carbocycles. The number of rotatable bonds is 4. The fourth-order valence-electron chi connectivity index (χ4n) is 2.05. The van der Waals surface area contributed by atoms with Gasteiger partial charge in [0.25, 0.3) is 0 Å². The van der Waals surface area contributed by atoms with Crippen molar-refractivity contribution in [2.75, 3.05) is 50.0 Å². The Bertz CT molecular complexity index is 429. The van der Waals surface area contributed by atoms with E-state index < -0.39 is 0 Å². The molecule has 106 valence electrons. The number of nitrogens with one attached hydrogen (secondary N) is 1. The zero-order valence-corrected chi connectivity index (χ0v) is 13.5. The van der Waals surface area contributed by atoms with E-state index in [4.69, 9.17) is 0 Å². The van der Waals surface area contributed by atoms with Gasteiger partial charge < -0.3 is 15.1 Å². The van der Waals surface area contributed by atoms with E-state index >= 15 is 0 Å². The van der Waals surface area contributed by atoms with Gasteiger partial charge in [-0.3, -0.25) is 0 Å². The second-order valence-electron chi connectivity index (χ2n) is 4.99. The van der Waals surface area contributed by atoms with E-state index in [0.717, 1.165) is 61.1 Å². The number of hydrogen-bond donors (Lipinski definition) is 1. The van der Waals surface area contributed by atoms with Crippen molar-refractivity contribution in [3.8, 4) is 0 Å². The lowest BCUT2D eigenvalue weighted by molar-refractivity contribution is 0.311. The first-order chi connectivity index (χ1) is 9.11. The van der Waals surface area contributed by atoms with Gasteiger partial charge in [0.1, 0.15) is 5.82 Å². The van der Waals surface area contributed by atoms with E-state index in [-0.39, 0.29) is 0 Å². The highest BCUT2D eigenvalue weighted by Gasteiger charge is 2.18. The molecule has 2 rings (SSSR count). The van der Waals surface area contributed by atoms with E-state index in [1.807, 2.05) is 6.92 Å². The summed E-state index contributed by atoms with van der Waals surface area (Å²) in [6.07, 6.45) is 1.08. The smallest absolute Gasteiger partial charge is 0.227 e. The Balaban J connectivity index is 2.18. The minimum absolute atomic E-state index is 0.840. The molecule has 0 saturated carbocycles. The number of likely N-dealkylation sites (N-methyl/N-ethyl adjacent to an activating group) is 1. The summed E-state index contributed by atoms with van der Waals surface area (Å²) in [7, 11) is 2.15. The lowest BCUT2D eigenvalue weighted by Crippen LogP contribution is -2.45. The number of anilines is 2. The predicted octanol–water partition coefficient (Wildman–Crippen LogP) is 2.12. The molecule has 1 aliphatic heterocycles. The first-order valence-corrected chi connectivity index (χ1v) is 7.62. The van der Waals surface area contributed by atoms with Crippen molar-refractivity contribution in [2.24, 2.45) is 0 Å². The summed E-state index contributed by atoms with van der Waals surface area (Å²) in [5, 5.41) is 3.36. The molecule has 6 heteroatoms. The molecule has 1 fully saturated rings. The molecule has 1 aliphatic rings. The zero-order valence-electron chi connectivity index (χ0n) is 11.9. The number of aryl methyl sites for hydroxylation is 1. The van der Waals surface area contributed by atoms with Gasteiger partial charge in [-0.1, -0.05) is 6.92 Å². The van der Waals surface area contributed by atoms with E-state index in [9.17, 15) is 0 Å². The van der Waals surface area contributed by atoms with Crippen LogP contribution >= 0.6 is 15.9 Å². The van der Waals surface area contributed by atoms with Crippen LogP contribution in [-0.4, -0.2) is 54.6 Å². The van der Waals surface area contributed by atoms with Gasteiger partial charge in [0.2, 0.25) is 5.95 Å². The summed E-state index contributed by atoms with van der Waals surface area (Å²) in [5.41, 5.74) is 0.988. The average molecular weight is 328 g/mol. The van der Waals surface area contributed by atoms with Gasteiger partial charge in [0.15, 0.2) is 0 Å². The van der Waals surface area contributed by atoms with Crippen LogP contribution in [0.15, 0.2) is 4.47 Å². The molecular formula is C13H22BrN5. The monoisotopic (exact) mass is 327 g/mol. The Kier molecular flexibility index (Phi) is 4.99. The van der Waals surface area contributed by atoms with Crippen LogP contribution in [0.5, 0.6) is 0 Å². The fourth-order valence-corrected chi connectivity index (χ4v) is 2.37. The van der Waals surface area contributed by atoms with Crippen LogP contribution in [0.1, 0.15) is 19.0 Å². The number of nitrogens with zero attached hydrogens (tertiary/aromatic N) is 4. The van der Waals surface area contributed by atoms with Gasteiger partial charge in [-0.25, -0.2) is 4.98 Å². The molecule has 5 nitrogen and oxygen atoms in total.